The summed E-state index contributed by atoms with van der Waals surface area (Å²) in [6, 6.07) is 13.9. The highest BCUT2D eigenvalue weighted by atomic mass is 32.2. The highest BCUT2D eigenvalue weighted by Gasteiger charge is 2.35. The Morgan fingerprint density at radius 1 is 1.00 bits per heavy atom. The smallest absolute Gasteiger partial charge is 0.252 e. The zero-order valence-corrected chi connectivity index (χ0v) is 18.2. The summed E-state index contributed by atoms with van der Waals surface area (Å²) in [5, 5.41) is 3.12. The van der Waals surface area contributed by atoms with Crippen molar-refractivity contribution in [2.45, 2.75) is 54.6 Å². The average molecular weight is 433 g/mol. The van der Waals surface area contributed by atoms with E-state index in [4.69, 9.17) is 0 Å². The SMILES string of the molecule is O=C(Cc1ccc(S(=O)(=O)N2CCCC2)s1)NCC1(c2ccccc2)CCCC1. The number of nitrogens with zero attached hydrogens (tertiary/aromatic N) is 1. The van der Waals surface area contributed by atoms with E-state index in [1.54, 1.807) is 16.4 Å². The second kappa shape index (κ2) is 8.58. The standard InChI is InChI=1S/C22H28N2O3S2/c25-20(23-17-22(12-4-5-13-22)18-8-2-1-3-9-18)16-19-10-11-21(28-19)29(26,27)24-14-6-7-15-24/h1-3,8-11H,4-7,12-17H2,(H,23,25). The minimum absolute atomic E-state index is 0.0244. The number of carbonyl (C=O) groups is 1. The number of carbonyl (C=O) groups excluding carboxylic acids is 1. The summed E-state index contributed by atoms with van der Waals surface area (Å²) in [5.74, 6) is -0.0424. The summed E-state index contributed by atoms with van der Waals surface area (Å²) in [5.41, 5.74) is 1.32. The Bertz CT molecular complexity index is 941. The molecule has 0 unspecified atom stereocenters. The molecule has 0 spiro atoms. The molecule has 5 nitrogen and oxygen atoms in total. The van der Waals surface area contributed by atoms with Crippen LogP contribution in [0.5, 0.6) is 0 Å². The molecule has 156 valence electrons. The van der Waals surface area contributed by atoms with Crippen LogP contribution in [-0.4, -0.2) is 38.3 Å². The summed E-state index contributed by atoms with van der Waals surface area (Å²) in [4.78, 5) is 13.4. The molecule has 7 heteroatoms. The Hall–Kier alpha value is -1.70. The molecule has 1 saturated heterocycles. The summed E-state index contributed by atoms with van der Waals surface area (Å²) in [6.07, 6.45) is 6.63. The van der Waals surface area contributed by atoms with Crippen LogP contribution in [0.3, 0.4) is 0 Å². The predicted octanol–water partition coefficient (Wildman–Crippen LogP) is 3.70. The van der Waals surface area contributed by atoms with Gasteiger partial charge in [-0.3, -0.25) is 4.79 Å². The first-order valence-corrected chi connectivity index (χ1v) is 12.7. The molecule has 0 radical (unpaired) electrons. The Kier molecular flexibility index (Phi) is 6.08. The van der Waals surface area contributed by atoms with Gasteiger partial charge >= 0.3 is 0 Å². The van der Waals surface area contributed by atoms with Crippen LogP contribution in [0.1, 0.15) is 49.0 Å². The Morgan fingerprint density at radius 2 is 1.69 bits per heavy atom. The van der Waals surface area contributed by atoms with Crippen LogP contribution < -0.4 is 5.32 Å². The highest BCUT2D eigenvalue weighted by Crippen LogP contribution is 2.40. The maximum absolute atomic E-state index is 12.7. The van der Waals surface area contributed by atoms with E-state index in [2.05, 4.69) is 29.6 Å². The van der Waals surface area contributed by atoms with E-state index in [9.17, 15) is 13.2 Å². The Labute approximate surface area is 177 Å². The number of amides is 1. The van der Waals surface area contributed by atoms with Crippen LogP contribution in [0.25, 0.3) is 0 Å². The molecule has 2 aromatic rings. The molecule has 29 heavy (non-hydrogen) atoms. The normalized spacial score (nSPS) is 19.4. The molecule has 1 saturated carbocycles. The number of thiophene rings is 1. The van der Waals surface area contributed by atoms with Crippen molar-refractivity contribution < 1.29 is 13.2 Å². The van der Waals surface area contributed by atoms with Crippen molar-refractivity contribution in [3.05, 3.63) is 52.9 Å². The third kappa shape index (κ3) is 4.42. The number of nitrogens with one attached hydrogen (secondary N) is 1. The lowest BCUT2D eigenvalue weighted by molar-refractivity contribution is -0.120. The average Bonchev–Trinajstić information content (AvgIpc) is 3.49. The van der Waals surface area contributed by atoms with E-state index >= 15 is 0 Å². The number of hydrogen-bond donors (Lipinski definition) is 1. The van der Waals surface area contributed by atoms with Crippen molar-refractivity contribution in [2.24, 2.45) is 0 Å². The molecule has 0 atom stereocenters. The lowest BCUT2D eigenvalue weighted by Crippen LogP contribution is -2.39. The lowest BCUT2D eigenvalue weighted by atomic mass is 9.79. The van der Waals surface area contributed by atoms with Gasteiger partial charge in [-0.2, -0.15) is 4.31 Å². The number of benzene rings is 1. The zero-order valence-electron chi connectivity index (χ0n) is 16.6. The predicted molar refractivity (Wildman–Crippen MR) is 116 cm³/mol. The lowest BCUT2D eigenvalue weighted by Gasteiger charge is -2.30. The van der Waals surface area contributed by atoms with Gasteiger partial charge < -0.3 is 5.32 Å². The van der Waals surface area contributed by atoms with Gasteiger partial charge in [0.2, 0.25) is 5.91 Å². The van der Waals surface area contributed by atoms with Crippen LogP contribution in [0.2, 0.25) is 0 Å². The molecular formula is C22H28N2O3S2. The van der Waals surface area contributed by atoms with Gasteiger partial charge in [0.05, 0.1) is 6.42 Å². The molecule has 2 fully saturated rings. The zero-order chi connectivity index (χ0) is 20.3. The second-order valence-electron chi connectivity index (χ2n) is 8.14. The Morgan fingerprint density at radius 3 is 2.38 bits per heavy atom. The van der Waals surface area contributed by atoms with Crippen molar-refractivity contribution in [1.82, 2.24) is 9.62 Å². The van der Waals surface area contributed by atoms with E-state index in [0.717, 1.165) is 30.6 Å². The van der Waals surface area contributed by atoms with E-state index in [0.29, 0.717) is 23.8 Å². The van der Waals surface area contributed by atoms with Crippen molar-refractivity contribution >= 4 is 27.3 Å². The molecular weight excluding hydrogens is 404 g/mol. The van der Waals surface area contributed by atoms with Crippen molar-refractivity contribution in [3.63, 3.8) is 0 Å². The number of sulfonamides is 1. The quantitative estimate of drug-likeness (QED) is 0.725. The van der Waals surface area contributed by atoms with Crippen LogP contribution in [-0.2, 0) is 26.7 Å². The van der Waals surface area contributed by atoms with Gasteiger partial charge in [-0.05, 0) is 43.4 Å². The highest BCUT2D eigenvalue weighted by molar-refractivity contribution is 7.91. The van der Waals surface area contributed by atoms with E-state index < -0.39 is 10.0 Å². The monoisotopic (exact) mass is 432 g/mol. The Balaban J connectivity index is 1.38. The fraction of sp³-hybridized carbons (Fsp3) is 0.500. The fourth-order valence-corrected chi connectivity index (χ4v) is 7.57. The van der Waals surface area contributed by atoms with Crippen LogP contribution in [0.4, 0.5) is 0 Å². The minimum atomic E-state index is -3.40. The van der Waals surface area contributed by atoms with E-state index in [1.807, 2.05) is 6.07 Å². The van der Waals surface area contributed by atoms with Crippen molar-refractivity contribution in [2.75, 3.05) is 19.6 Å². The van der Waals surface area contributed by atoms with Crippen LogP contribution in [0, 0.1) is 0 Å². The fourth-order valence-electron chi connectivity index (χ4n) is 4.55. The molecule has 1 aromatic carbocycles. The summed E-state index contributed by atoms with van der Waals surface area (Å²) in [7, 11) is -3.40. The van der Waals surface area contributed by atoms with E-state index in [-0.39, 0.29) is 17.7 Å². The number of rotatable bonds is 7. The van der Waals surface area contributed by atoms with Gasteiger partial charge in [0.25, 0.3) is 10.0 Å². The van der Waals surface area contributed by atoms with Gasteiger partial charge in [-0.15, -0.1) is 11.3 Å². The maximum atomic E-state index is 12.7. The molecule has 4 rings (SSSR count). The number of hydrogen-bond acceptors (Lipinski definition) is 4. The molecule has 1 amide bonds. The molecule has 2 heterocycles. The van der Waals surface area contributed by atoms with Gasteiger partial charge in [0, 0.05) is 29.9 Å². The van der Waals surface area contributed by atoms with Gasteiger partial charge in [0.1, 0.15) is 4.21 Å². The maximum Gasteiger partial charge on any atom is 0.252 e. The van der Waals surface area contributed by atoms with Gasteiger partial charge in [-0.25, -0.2) is 8.42 Å². The largest absolute Gasteiger partial charge is 0.355 e. The third-order valence-electron chi connectivity index (χ3n) is 6.20. The topological polar surface area (TPSA) is 66.5 Å². The van der Waals surface area contributed by atoms with Crippen LogP contribution in [0.15, 0.2) is 46.7 Å². The van der Waals surface area contributed by atoms with Gasteiger partial charge in [0.15, 0.2) is 0 Å². The molecule has 1 N–H and O–H groups in total. The summed E-state index contributed by atoms with van der Waals surface area (Å²) in [6.45, 7) is 1.83. The molecule has 1 aliphatic carbocycles. The first-order chi connectivity index (χ1) is 14.0. The first kappa shape index (κ1) is 20.6. The molecule has 0 bridgehead atoms. The second-order valence-corrected chi connectivity index (χ2v) is 11.5. The minimum Gasteiger partial charge on any atom is -0.355 e. The summed E-state index contributed by atoms with van der Waals surface area (Å²) >= 11 is 1.22. The van der Waals surface area contributed by atoms with Crippen molar-refractivity contribution in [1.29, 1.82) is 0 Å². The molecule has 1 aliphatic heterocycles. The molecule has 2 aliphatic rings. The van der Waals surface area contributed by atoms with E-state index in [1.165, 1.54) is 29.7 Å². The molecule has 1 aromatic heterocycles. The first-order valence-electron chi connectivity index (χ1n) is 10.4. The third-order valence-corrected chi connectivity index (χ3v) is 9.65. The van der Waals surface area contributed by atoms with Gasteiger partial charge in [-0.1, -0.05) is 43.2 Å². The van der Waals surface area contributed by atoms with Crippen LogP contribution >= 0.6 is 11.3 Å². The summed E-state index contributed by atoms with van der Waals surface area (Å²) < 4.78 is 27.2. The van der Waals surface area contributed by atoms with Crippen molar-refractivity contribution in [3.8, 4) is 0 Å².